The Balaban J connectivity index is 0. The minimum atomic E-state index is -1.24. The zero-order valence-electron chi connectivity index (χ0n) is 6.11. The van der Waals surface area contributed by atoms with Gasteiger partial charge in [0.2, 0.25) is 5.91 Å². The van der Waals surface area contributed by atoms with Crippen molar-refractivity contribution in [2.45, 2.75) is 6.92 Å². The van der Waals surface area contributed by atoms with E-state index in [9.17, 15) is 9.59 Å². The van der Waals surface area contributed by atoms with Gasteiger partial charge in [-0.3, -0.25) is 4.79 Å². The normalized spacial score (nSPS) is 7.73. The van der Waals surface area contributed by atoms with Crippen molar-refractivity contribution >= 4 is 24.4 Å². The highest BCUT2D eigenvalue weighted by atomic mass is 35.5. The van der Waals surface area contributed by atoms with Gasteiger partial charge in [0, 0.05) is 13.5 Å². The maximum atomic E-state index is 10.5. The van der Waals surface area contributed by atoms with Crippen LogP contribution in [0.2, 0.25) is 0 Å². The Morgan fingerprint density at radius 3 is 2.18 bits per heavy atom. The lowest BCUT2D eigenvalue weighted by atomic mass is 10.5. The molecule has 4 nitrogen and oxygen atoms in total. The molecule has 0 saturated carbocycles. The molecule has 1 N–H and O–H groups in total. The molecule has 2 amide bonds. The van der Waals surface area contributed by atoms with E-state index in [2.05, 4.69) is 6.58 Å². The van der Waals surface area contributed by atoms with Gasteiger partial charge in [-0.15, -0.1) is 19.0 Å². The monoisotopic (exact) mass is 179 g/mol. The van der Waals surface area contributed by atoms with Gasteiger partial charge in [-0.05, 0) is 0 Å². The zero-order chi connectivity index (χ0) is 8.15. The van der Waals surface area contributed by atoms with E-state index in [-0.39, 0.29) is 19.0 Å². The average Bonchev–Trinajstić information content (AvgIpc) is 1.81. The molecule has 0 bridgehead atoms. The Hall–Kier alpha value is -1.03. The molecule has 0 unspecified atom stereocenters. The highest BCUT2D eigenvalue weighted by Crippen LogP contribution is 1.89. The van der Waals surface area contributed by atoms with Crippen LogP contribution in [0.25, 0.3) is 0 Å². The van der Waals surface area contributed by atoms with Gasteiger partial charge in [-0.1, -0.05) is 6.08 Å². The summed E-state index contributed by atoms with van der Waals surface area (Å²) in [5.41, 5.74) is 0. The lowest BCUT2D eigenvalue weighted by molar-refractivity contribution is -0.126. The smallest absolute Gasteiger partial charge is 0.414 e. The summed E-state index contributed by atoms with van der Waals surface area (Å²) in [6, 6.07) is 0. The number of hydrogen-bond acceptors (Lipinski definition) is 2. The van der Waals surface area contributed by atoms with E-state index < -0.39 is 12.0 Å². The highest BCUT2D eigenvalue weighted by Gasteiger charge is 2.13. The van der Waals surface area contributed by atoms with Crippen molar-refractivity contribution in [1.82, 2.24) is 4.90 Å². The molecule has 11 heavy (non-hydrogen) atoms. The quantitative estimate of drug-likeness (QED) is 0.647. The fraction of sp³-hybridized carbons (Fsp3) is 0.333. The Morgan fingerprint density at radius 2 is 2.09 bits per heavy atom. The van der Waals surface area contributed by atoms with Crippen molar-refractivity contribution in [3.8, 4) is 0 Å². The predicted molar refractivity (Wildman–Crippen MR) is 42.9 cm³/mol. The lowest BCUT2D eigenvalue weighted by Crippen LogP contribution is -2.33. The second kappa shape index (κ2) is 5.73. The summed E-state index contributed by atoms with van der Waals surface area (Å²) in [6.07, 6.45) is 0.114. The number of carboxylic acid groups (broad SMARTS) is 1. The molecular formula is C6H10ClNO3. The van der Waals surface area contributed by atoms with Crippen LogP contribution in [0, 0.1) is 0 Å². The molecular weight excluding hydrogens is 170 g/mol. The molecule has 0 aliphatic carbocycles. The van der Waals surface area contributed by atoms with Gasteiger partial charge >= 0.3 is 6.09 Å². The molecule has 5 heteroatoms. The first kappa shape index (κ1) is 12.6. The van der Waals surface area contributed by atoms with Crippen LogP contribution < -0.4 is 0 Å². The average molecular weight is 180 g/mol. The predicted octanol–water partition coefficient (Wildman–Crippen LogP) is 1.12. The number of carbonyl (C=O) groups is 2. The molecule has 0 aromatic rings. The van der Waals surface area contributed by atoms with Crippen molar-refractivity contribution in [2.24, 2.45) is 0 Å². The third-order valence-electron chi connectivity index (χ3n) is 0.923. The summed E-state index contributed by atoms with van der Waals surface area (Å²) >= 11 is 0. The van der Waals surface area contributed by atoms with Crippen LogP contribution in [0.5, 0.6) is 0 Å². The van der Waals surface area contributed by atoms with Crippen LogP contribution in [0.4, 0.5) is 4.79 Å². The molecule has 0 fully saturated rings. The van der Waals surface area contributed by atoms with Gasteiger partial charge in [-0.2, -0.15) is 0 Å². The lowest BCUT2D eigenvalue weighted by Gasteiger charge is -2.11. The minimum Gasteiger partial charge on any atom is -0.465 e. The molecule has 0 spiro atoms. The summed E-state index contributed by atoms with van der Waals surface area (Å²) in [6.45, 7) is 4.55. The summed E-state index contributed by atoms with van der Waals surface area (Å²) in [4.78, 5) is 21.3. The first-order valence-corrected chi connectivity index (χ1v) is 2.71. The molecule has 0 aromatic carbocycles. The van der Waals surface area contributed by atoms with E-state index in [1.54, 1.807) is 0 Å². The van der Waals surface area contributed by atoms with E-state index in [1.165, 1.54) is 13.0 Å². The van der Waals surface area contributed by atoms with Crippen LogP contribution in [0.1, 0.15) is 6.92 Å². The largest absolute Gasteiger partial charge is 0.465 e. The van der Waals surface area contributed by atoms with Gasteiger partial charge in [-0.25, -0.2) is 9.69 Å². The molecule has 0 saturated heterocycles. The van der Waals surface area contributed by atoms with E-state index in [1.807, 2.05) is 0 Å². The van der Waals surface area contributed by atoms with E-state index >= 15 is 0 Å². The molecule has 0 aliphatic rings. The van der Waals surface area contributed by atoms with E-state index in [4.69, 9.17) is 5.11 Å². The van der Waals surface area contributed by atoms with Crippen molar-refractivity contribution in [3.63, 3.8) is 0 Å². The summed E-state index contributed by atoms with van der Waals surface area (Å²) in [7, 11) is 0. The number of halogens is 1. The Morgan fingerprint density at radius 1 is 1.64 bits per heavy atom. The number of carbonyl (C=O) groups excluding carboxylic acids is 1. The fourth-order valence-corrected chi connectivity index (χ4v) is 0.470. The van der Waals surface area contributed by atoms with Gasteiger partial charge in [0.05, 0.1) is 0 Å². The van der Waals surface area contributed by atoms with Crippen molar-refractivity contribution < 1.29 is 14.7 Å². The van der Waals surface area contributed by atoms with E-state index in [0.29, 0.717) is 4.90 Å². The molecule has 0 atom stereocenters. The third-order valence-corrected chi connectivity index (χ3v) is 0.923. The molecule has 0 rings (SSSR count). The van der Waals surface area contributed by atoms with Gasteiger partial charge in [0.15, 0.2) is 0 Å². The van der Waals surface area contributed by atoms with Gasteiger partial charge in [0.25, 0.3) is 0 Å². The molecule has 0 aliphatic heterocycles. The van der Waals surface area contributed by atoms with Crippen LogP contribution >= 0.6 is 12.4 Å². The standard InChI is InChI=1S/C6H9NO3.ClH/c1-3-4-7(5(2)8)6(9)10;/h3H,1,4H2,2H3,(H,9,10);1H. The number of amides is 2. The number of imide groups is 1. The summed E-state index contributed by atoms with van der Waals surface area (Å²) in [5.74, 6) is -0.493. The zero-order valence-corrected chi connectivity index (χ0v) is 6.93. The van der Waals surface area contributed by atoms with Gasteiger partial charge < -0.3 is 5.11 Å². The third kappa shape index (κ3) is 4.38. The summed E-state index contributed by atoms with van der Waals surface area (Å²) < 4.78 is 0. The van der Waals surface area contributed by atoms with Gasteiger partial charge in [0.1, 0.15) is 0 Å². The Kier molecular flexibility index (Phi) is 6.58. The first-order chi connectivity index (χ1) is 4.59. The SMILES string of the molecule is C=CCN(C(C)=O)C(=O)O.Cl. The highest BCUT2D eigenvalue weighted by molar-refractivity contribution is 5.89. The molecule has 64 valence electrons. The topological polar surface area (TPSA) is 57.6 Å². The molecule has 0 heterocycles. The molecule has 0 aromatic heterocycles. The van der Waals surface area contributed by atoms with Crippen molar-refractivity contribution in [1.29, 1.82) is 0 Å². The fourth-order valence-electron chi connectivity index (χ4n) is 0.470. The Labute approximate surface area is 70.9 Å². The van der Waals surface area contributed by atoms with E-state index in [0.717, 1.165) is 0 Å². The van der Waals surface area contributed by atoms with Crippen molar-refractivity contribution in [2.75, 3.05) is 6.54 Å². The minimum absolute atomic E-state index is 0. The summed E-state index contributed by atoms with van der Waals surface area (Å²) in [5, 5.41) is 8.33. The first-order valence-electron chi connectivity index (χ1n) is 2.71. The molecule has 0 radical (unpaired) electrons. The van der Waals surface area contributed by atoms with Crippen LogP contribution in [-0.4, -0.2) is 28.6 Å². The number of rotatable bonds is 2. The maximum Gasteiger partial charge on any atom is 0.414 e. The maximum absolute atomic E-state index is 10.5. The second-order valence-electron chi connectivity index (χ2n) is 1.70. The number of hydrogen-bond donors (Lipinski definition) is 1. The second-order valence-corrected chi connectivity index (χ2v) is 1.70. The van der Waals surface area contributed by atoms with Crippen LogP contribution in [0.3, 0.4) is 0 Å². The van der Waals surface area contributed by atoms with Crippen LogP contribution in [0.15, 0.2) is 12.7 Å². The number of nitrogens with zero attached hydrogens (tertiary/aromatic N) is 1. The van der Waals surface area contributed by atoms with Crippen molar-refractivity contribution in [3.05, 3.63) is 12.7 Å². The van der Waals surface area contributed by atoms with Crippen LogP contribution in [-0.2, 0) is 4.79 Å². The Bertz CT molecular complexity index is 155.